The number of aromatic nitrogens is 1. The summed E-state index contributed by atoms with van der Waals surface area (Å²) in [4.78, 5) is 18.5. The second-order valence-corrected chi connectivity index (χ2v) is 8.17. The molecule has 2 N–H and O–H groups in total. The summed E-state index contributed by atoms with van der Waals surface area (Å²) < 4.78 is 5.58. The van der Waals surface area contributed by atoms with E-state index in [0.717, 1.165) is 5.56 Å². The number of pyridine rings is 1. The van der Waals surface area contributed by atoms with Crippen molar-refractivity contribution < 1.29 is 19.7 Å². The van der Waals surface area contributed by atoms with Crippen molar-refractivity contribution in [3.05, 3.63) is 52.8 Å². The predicted octanol–water partition coefficient (Wildman–Crippen LogP) is 4.65. The molecule has 0 bridgehead atoms. The Morgan fingerprint density at radius 3 is 2.32 bits per heavy atom. The van der Waals surface area contributed by atoms with E-state index in [-0.39, 0.29) is 18.9 Å². The maximum absolute atomic E-state index is 12.9. The van der Waals surface area contributed by atoms with Gasteiger partial charge in [-0.25, -0.2) is 4.79 Å². The van der Waals surface area contributed by atoms with Crippen LogP contribution < -0.4 is 4.90 Å². The first-order valence-electron chi connectivity index (χ1n) is 9.41. The molecule has 1 amide bonds. The number of ether oxygens (including phenoxy) is 1. The first kappa shape index (κ1) is 21.7. The Morgan fingerprint density at radius 2 is 1.82 bits per heavy atom. The van der Waals surface area contributed by atoms with Crippen LogP contribution in [0.4, 0.5) is 10.5 Å². The molecule has 0 atom stereocenters. The van der Waals surface area contributed by atoms with Gasteiger partial charge < -0.3 is 14.9 Å². The van der Waals surface area contributed by atoms with Crippen LogP contribution in [0.25, 0.3) is 0 Å². The van der Waals surface area contributed by atoms with Crippen molar-refractivity contribution in [1.29, 1.82) is 0 Å². The van der Waals surface area contributed by atoms with Gasteiger partial charge in [-0.3, -0.25) is 9.88 Å². The fourth-order valence-electron chi connectivity index (χ4n) is 2.77. The van der Waals surface area contributed by atoms with Crippen molar-refractivity contribution in [2.24, 2.45) is 0 Å². The van der Waals surface area contributed by atoms with Gasteiger partial charge in [0, 0.05) is 23.0 Å². The predicted molar refractivity (Wildman–Crippen MR) is 110 cm³/mol. The Balaban J connectivity index is 2.47. The lowest BCUT2D eigenvalue weighted by Gasteiger charge is -2.28. The summed E-state index contributed by atoms with van der Waals surface area (Å²) in [5.41, 5.74) is 2.50. The van der Waals surface area contributed by atoms with Crippen LogP contribution in [0.1, 0.15) is 62.9 Å². The molecule has 0 aliphatic carbocycles. The van der Waals surface area contributed by atoms with Crippen molar-refractivity contribution in [2.75, 3.05) is 4.90 Å². The highest BCUT2D eigenvalue weighted by atomic mass is 16.6. The third-order valence-corrected chi connectivity index (χ3v) is 4.40. The fourth-order valence-corrected chi connectivity index (χ4v) is 2.77. The molecule has 0 aliphatic heterocycles. The smallest absolute Gasteiger partial charge is 0.415 e. The molecule has 6 nitrogen and oxygen atoms in total. The van der Waals surface area contributed by atoms with Crippen LogP contribution in [0.2, 0.25) is 0 Å². The Morgan fingerprint density at radius 1 is 1.21 bits per heavy atom. The van der Waals surface area contributed by atoms with Gasteiger partial charge in [0.1, 0.15) is 11.4 Å². The van der Waals surface area contributed by atoms with Gasteiger partial charge in [0.2, 0.25) is 0 Å². The Kier molecular flexibility index (Phi) is 6.67. The number of aryl methyl sites for hydroxylation is 1. The maximum atomic E-state index is 12.9. The molecule has 0 unspecified atom stereocenters. The molecule has 0 saturated heterocycles. The van der Waals surface area contributed by atoms with E-state index in [2.05, 4.69) is 18.8 Å². The van der Waals surface area contributed by atoms with Gasteiger partial charge >= 0.3 is 6.09 Å². The molecule has 1 aromatic carbocycles. The monoisotopic (exact) mass is 386 g/mol. The minimum Gasteiger partial charge on any atom is -0.506 e. The lowest BCUT2D eigenvalue weighted by molar-refractivity contribution is 0.0577. The molecule has 1 heterocycles. The van der Waals surface area contributed by atoms with Crippen LogP contribution in [0.5, 0.6) is 5.75 Å². The van der Waals surface area contributed by atoms with E-state index < -0.39 is 11.7 Å². The number of rotatable bonds is 5. The zero-order chi connectivity index (χ0) is 21.1. The van der Waals surface area contributed by atoms with E-state index in [0.29, 0.717) is 28.4 Å². The molecule has 6 heteroatoms. The molecule has 152 valence electrons. The summed E-state index contributed by atoms with van der Waals surface area (Å²) in [5, 5.41) is 20.1. The van der Waals surface area contributed by atoms with Crippen molar-refractivity contribution >= 4 is 11.8 Å². The number of hydrogen-bond acceptors (Lipinski definition) is 5. The van der Waals surface area contributed by atoms with Crippen molar-refractivity contribution in [3.63, 3.8) is 0 Å². The van der Waals surface area contributed by atoms with Crippen molar-refractivity contribution in [1.82, 2.24) is 4.98 Å². The van der Waals surface area contributed by atoms with Crippen molar-refractivity contribution in [2.45, 2.75) is 66.2 Å². The number of amides is 1. The minimum absolute atomic E-state index is 0.0288. The zero-order valence-corrected chi connectivity index (χ0v) is 17.5. The van der Waals surface area contributed by atoms with Gasteiger partial charge in [0.05, 0.1) is 18.8 Å². The fraction of sp³-hybridized carbons (Fsp3) is 0.455. The number of aliphatic hydroxyl groups is 1. The van der Waals surface area contributed by atoms with Crippen LogP contribution in [-0.2, 0) is 17.9 Å². The zero-order valence-electron chi connectivity index (χ0n) is 17.5. The first-order chi connectivity index (χ1) is 13.0. The lowest BCUT2D eigenvalue weighted by atomic mass is 10.0. The van der Waals surface area contributed by atoms with E-state index >= 15 is 0 Å². The van der Waals surface area contributed by atoms with E-state index in [1.807, 2.05) is 24.3 Å². The third-order valence-electron chi connectivity index (χ3n) is 4.40. The van der Waals surface area contributed by atoms with Gasteiger partial charge in [-0.15, -0.1) is 0 Å². The second kappa shape index (κ2) is 8.61. The Labute approximate surface area is 166 Å². The molecule has 28 heavy (non-hydrogen) atoms. The highest BCUT2D eigenvalue weighted by molar-refractivity contribution is 5.88. The summed E-state index contributed by atoms with van der Waals surface area (Å²) in [6.45, 7) is 11.1. The number of aromatic hydroxyl groups is 1. The summed E-state index contributed by atoms with van der Waals surface area (Å²) >= 11 is 0. The number of anilines is 1. The SMILES string of the molecule is Cc1ncc(CO)c(CN(C(=O)OC(C)(C)C)c2ccc(C(C)C)cc2)c1O. The van der Waals surface area contributed by atoms with Crippen molar-refractivity contribution in [3.8, 4) is 5.75 Å². The molecular weight excluding hydrogens is 356 g/mol. The largest absolute Gasteiger partial charge is 0.506 e. The molecule has 2 rings (SSSR count). The normalized spacial score (nSPS) is 11.6. The van der Waals surface area contributed by atoms with Gasteiger partial charge in [-0.2, -0.15) is 0 Å². The van der Waals surface area contributed by atoms with Crippen LogP contribution in [0, 0.1) is 6.92 Å². The molecular formula is C22H30N2O4. The molecule has 1 aromatic heterocycles. The average molecular weight is 386 g/mol. The Hall–Kier alpha value is -2.60. The van der Waals surface area contributed by atoms with Gasteiger partial charge in [0.25, 0.3) is 0 Å². The summed E-state index contributed by atoms with van der Waals surface area (Å²) in [5.74, 6) is 0.343. The molecule has 0 saturated carbocycles. The Bertz CT molecular complexity index is 824. The average Bonchev–Trinajstić information content (AvgIpc) is 2.61. The number of benzene rings is 1. The summed E-state index contributed by atoms with van der Waals surface area (Å²) in [7, 11) is 0. The molecule has 0 aliphatic rings. The lowest BCUT2D eigenvalue weighted by Crippen LogP contribution is -2.36. The second-order valence-electron chi connectivity index (χ2n) is 8.17. The number of hydrogen-bond donors (Lipinski definition) is 2. The van der Waals surface area contributed by atoms with Gasteiger partial charge in [0.15, 0.2) is 0 Å². The van der Waals surface area contributed by atoms with E-state index in [4.69, 9.17) is 4.74 Å². The highest BCUT2D eigenvalue weighted by Gasteiger charge is 2.26. The topological polar surface area (TPSA) is 82.9 Å². The van der Waals surface area contributed by atoms with Crippen LogP contribution >= 0.6 is 0 Å². The van der Waals surface area contributed by atoms with E-state index in [9.17, 15) is 15.0 Å². The van der Waals surface area contributed by atoms with E-state index in [1.54, 1.807) is 27.7 Å². The molecule has 2 aromatic rings. The summed E-state index contributed by atoms with van der Waals surface area (Å²) in [6, 6.07) is 7.68. The third kappa shape index (κ3) is 5.23. The molecule has 0 radical (unpaired) electrons. The minimum atomic E-state index is -0.663. The quantitative estimate of drug-likeness (QED) is 0.781. The number of carbonyl (C=O) groups excluding carboxylic acids is 1. The first-order valence-corrected chi connectivity index (χ1v) is 9.41. The van der Waals surface area contributed by atoms with Crippen LogP contribution in [0.15, 0.2) is 30.5 Å². The molecule has 0 fully saturated rings. The maximum Gasteiger partial charge on any atom is 0.415 e. The number of nitrogens with zero attached hydrogens (tertiary/aromatic N) is 2. The van der Waals surface area contributed by atoms with E-state index in [1.165, 1.54) is 11.1 Å². The molecule has 0 spiro atoms. The highest BCUT2D eigenvalue weighted by Crippen LogP contribution is 2.29. The number of carbonyl (C=O) groups is 1. The van der Waals surface area contributed by atoms with Crippen LogP contribution in [-0.4, -0.2) is 26.9 Å². The van der Waals surface area contributed by atoms with Crippen LogP contribution in [0.3, 0.4) is 0 Å². The number of aliphatic hydroxyl groups excluding tert-OH is 1. The van der Waals surface area contributed by atoms with Gasteiger partial charge in [-0.05, 0) is 51.3 Å². The summed E-state index contributed by atoms with van der Waals surface area (Å²) in [6.07, 6.45) is 0.988. The standard InChI is InChI=1S/C22H30N2O4/c1-14(2)16-7-9-18(10-8-16)24(21(27)28-22(4,5)6)12-19-17(13-25)11-23-15(3)20(19)26/h7-11,14,25-26H,12-13H2,1-6H3. The van der Waals surface area contributed by atoms with Gasteiger partial charge in [-0.1, -0.05) is 26.0 Å².